The standard InChI is InChI=1S/C13H7BrClFO2/c14-9-4-5-11(16)12(6-9)18-13-8(7-17)2-1-3-10(13)15/h1-7H. The predicted molar refractivity (Wildman–Crippen MR) is 71.0 cm³/mol. The van der Waals surface area contributed by atoms with Crippen LogP contribution in [-0.2, 0) is 0 Å². The summed E-state index contributed by atoms with van der Waals surface area (Å²) < 4.78 is 19.6. The fourth-order valence-corrected chi connectivity index (χ4v) is 1.95. The Labute approximate surface area is 116 Å². The molecule has 0 saturated carbocycles. The summed E-state index contributed by atoms with van der Waals surface area (Å²) in [6.07, 6.45) is 0.608. The molecule has 2 aromatic carbocycles. The third kappa shape index (κ3) is 2.71. The molecule has 0 spiro atoms. The third-order valence-corrected chi connectivity index (χ3v) is 3.02. The Hall–Kier alpha value is -1.39. The predicted octanol–water partition coefficient (Wildman–Crippen LogP) is 4.85. The van der Waals surface area contributed by atoms with E-state index >= 15 is 0 Å². The lowest BCUT2D eigenvalue weighted by atomic mass is 10.2. The van der Waals surface area contributed by atoms with Crippen molar-refractivity contribution >= 4 is 33.8 Å². The fourth-order valence-electron chi connectivity index (χ4n) is 1.39. The third-order valence-electron chi connectivity index (χ3n) is 2.23. The van der Waals surface area contributed by atoms with Gasteiger partial charge in [0.25, 0.3) is 0 Å². The Morgan fingerprint density at radius 1 is 1.28 bits per heavy atom. The van der Waals surface area contributed by atoms with E-state index < -0.39 is 5.82 Å². The molecule has 2 nitrogen and oxygen atoms in total. The molecule has 0 radical (unpaired) electrons. The number of benzene rings is 2. The largest absolute Gasteiger partial charge is 0.452 e. The Kier molecular flexibility index (Phi) is 3.99. The van der Waals surface area contributed by atoms with Crippen LogP contribution in [0.15, 0.2) is 40.9 Å². The zero-order chi connectivity index (χ0) is 13.1. The molecule has 0 bridgehead atoms. The van der Waals surface area contributed by atoms with E-state index in [1.165, 1.54) is 12.1 Å². The van der Waals surface area contributed by atoms with Crippen molar-refractivity contribution in [1.29, 1.82) is 0 Å². The minimum atomic E-state index is -0.532. The second-order valence-electron chi connectivity index (χ2n) is 3.45. The first kappa shape index (κ1) is 13.1. The van der Waals surface area contributed by atoms with Crippen LogP contribution in [0.3, 0.4) is 0 Å². The molecule has 0 aliphatic heterocycles. The summed E-state index contributed by atoms with van der Waals surface area (Å²) >= 11 is 9.15. The maximum Gasteiger partial charge on any atom is 0.165 e. The second kappa shape index (κ2) is 5.50. The molecule has 0 heterocycles. The van der Waals surface area contributed by atoms with Crippen LogP contribution in [0.2, 0.25) is 5.02 Å². The summed E-state index contributed by atoms with van der Waals surface area (Å²) in [7, 11) is 0. The van der Waals surface area contributed by atoms with Gasteiger partial charge in [0.15, 0.2) is 23.6 Å². The summed E-state index contributed by atoms with van der Waals surface area (Å²) in [5.74, 6) is -0.387. The number of halogens is 3. The SMILES string of the molecule is O=Cc1cccc(Cl)c1Oc1cc(Br)ccc1F. The number of hydrogen-bond acceptors (Lipinski definition) is 2. The Morgan fingerprint density at radius 2 is 2.06 bits per heavy atom. The average Bonchev–Trinajstić information content (AvgIpc) is 2.36. The topological polar surface area (TPSA) is 26.3 Å². The molecule has 0 atom stereocenters. The summed E-state index contributed by atoms with van der Waals surface area (Å²) in [6, 6.07) is 9.01. The van der Waals surface area contributed by atoms with Gasteiger partial charge in [0.2, 0.25) is 0 Å². The number of hydrogen-bond donors (Lipinski definition) is 0. The molecule has 92 valence electrons. The molecule has 0 aromatic heterocycles. The quantitative estimate of drug-likeness (QED) is 0.753. The highest BCUT2D eigenvalue weighted by Crippen LogP contribution is 2.34. The molecular formula is C13H7BrClFO2. The Balaban J connectivity index is 2.45. The van der Waals surface area contributed by atoms with Gasteiger partial charge >= 0.3 is 0 Å². The van der Waals surface area contributed by atoms with Crippen LogP contribution >= 0.6 is 27.5 Å². The summed E-state index contributed by atoms with van der Waals surface area (Å²) in [4.78, 5) is 10.9. The molecule has 0 unspecified atom stereocenters. The summed E-state index contributed by atoms with van der Waals surface area (Å²) in [5.41, 5.74) is 0.266. The second-order valence-corrected chi connectivity index (χ2v) is 4.78. The van der Waals surface area contributed by atoms with Gasteiger partial charge in [-0.25, -0.2) is 4.39 Å². The molecule has 0 fully saturated rings. The summed E-state index contributed by atoms with van der Waals surface area (Å²) in [6.45, 7) is 0. The van der Waals surface area contributed by atoms with Crippen LogP contribution < -0.4 is 4.74 Å². The van der Waals surface area contributed by atoms with Crippen LogP contribution in [0, 0.1) is 5.82 Å². The number of ether oxygens (including phenoxy) is 1. The van der Waals surface area contributed by atoms with Gasteiger partial charge in [0, 0.05) is 4.47 Å². The fraction of sp³-hybridized carbons (Fsp3) is 0. The van der Waals surface area contributed by atoms with Crippen molar-refractivity contribution < 1.29 is 13.9 Å². The number of carbonyl (C=O) groups is 1. The van der Waals surface area contributed by atoms with Gasteiger partial charge in [-0.1, -0.05) is 33.6 Å². The molecule has 18 heavy (non-hydrogen) atoms. The maximum atomic E-state index is 13.5. The first-order valence-corrected chi connectivity index (χ1v) is 6.15. The van der Waals surface area contributed by atoms with Crippen LogP contribution in [-0.4, -0.2) is 6.29 Å². The first-order valence-electron chi connectivity index (χ1n) is 4.98. The van der Waals surface area contributed by atoms with Crippen molar-refractivity contribution in [3.05, 3.63) is 57.3 Å². The van der Waals surface area contributed by atoms with Crippen molar-refractivity contribution in [2.45, 2.75) is 0 Å². The van der Waals surface area contributed by atoms with E-state index in [4.69, 9.17) is 16.3 Å². The minimum absolute atomic E-state index is 0.000532. The van der Waals surface area contributed by atoms with E-state index in [-0.39, 0.29) is 22.1 Å². The zero-order valence-electron chi connectivity index (χ0n) is 8.99. The lowest BCUT2D eigenvalue weighted by Gasteiger charge is -2.10. The number of aldehydes is 1. The Morgan fingerprint density at radius 3 is 2.78 bits per heavy atom. The van der Waals surface area contributed by atoms with Gasteiger partial charge in [-0.15, -0.1) is 0 Å². The molecule has 5 heteroatoms. The number of carbonyl (C=O) groups excluding carboxylic acids is 1. The molecule has 0 saturated heterocycles. The normalized spacial score (nSPS) is 10.2. The lowest BCUT2D eigenvalue weighted by Crippen LogP contribution is -1.93. The van der Waals surface area contributed by atoms with E-state index in [0.717, 1.165) is 0 Å². The van der Waals surface area contributed by atoms with Crippen molar-refractivity contribution in [3.8, 4) is 11.5 Å². The average molecular weight is 330 g/mol. The van der Waals surface area contributed by atoms with Crippen molar-refractivity contribution in [2.24, 2.45) is 0 Å². The van der Waals surface area contributed by atoms with E-state index in [9.17, 15) is 9.18 Å². The van der Waals surface area contributed by atoms with E-state index in [1.807, 2.05) is 0 Å². The van der Waals surface area contributed by atoms with E-state index in [2.05, 4.69) is 15.9 Å². The van der Waals surface area contributed by atoms with Crippen LogP contribution in [0.1, 0.15) is 10.4 Å². The van der Waals surface area contributed by atoms with Gasteiger partial charge in [0.1, 0.15) is 0 Å². The van der Waals surface area contributed by atoms with Crippen molar-refractivity contribution in [3.63, 3.8) is 0 Å². The summed E-state index contributed by atoms with van der Waals surface area (Å²) in [5, 5.41) is 0.249. The van der Waals surface area contributed by atoms with Gasteiger partial charge in [-0.2, -0.15) is 0 Å². The molecular weight excluding hydrogens is 322 g/mol. The molecule has 2 rings (SSSR count). The molecule has 0 N–H and O–H groups in total. The van der Waals surface area contributed by atoms with Gasteiger partial charge in [-0.05, 0) is 30.3 Å². The maximum absolute atomic E-state index is 13.5. The van der Waals surface area contributed by atoms with Crippen LogP contribution in [0.5, 0.6) is 11.5 Å². The molecule has 0 amide bonds. The van der Waals surface area contributed by atoms with E-state index in [1.54, 1.807) is 24.3 Å². The molecule has 0 aliphatic rings. The minimum Gasteiger partial charge on any atom is -0.452 e. The highest BCUT2D eigenvalue weighted by Gasteiger charge is 2.12. The van der Waals surface area contributed by atoms with Gasteiger partial charge in [-0.3, -0.25) is 4.79 Å². The van der Waals surface area contributed by atoms with Crippen LogP contribution in [0.25, 0.3) is 0 Å². The first-order chi connectivity index (χ1) is 8.61. The zero-order valence-corrected chi connectivity index (χ0v) is 11.3. The number of rotatable bonds is 3. The van der Waals surface area contributed by atoms with Gasteiger partial charge in [0.05, 0.1) is 10.6 Å². The van der Waals surface area contributed by atoms with Crippen molar-refractivity contribution in [1.82, 2.24) is 0 Å². The van der Waals surface area contributed by atoms with Crippen LogP contribution in [0.4, 0.5) is 4.39 Å². The molecule has 2 aromatic rings. The van der Waals surface area contributed by atoms with E-state index in [0.29, 0.717) is 10.8 Å². The monoisotopic (exact) mass is 328 g/mol. The lowest BCUT2D eigenvalue weighted by molar-refractivity contribution is 0.112. The smallest absolute Gasteiger partial charge is 0.165 e. The van der Waals surface area contributed by atoms with Crippen molar-refractivity contribution in [2.75, 3.05) is 0 Å². The Bertz CT molecular complexity index is 602. The highest BCUT2D eigenvalue weighted by molar-refractivity contribution is 9.10. The highest BCUT2D eigenvalue weighted by atomic mass is 79.9. The molecule has 0 aliphatic carbocycles. The van der Waals surface area contributed by atoms with Gasteiger partial charge < -0.3 is 4.74 Å². The number of para-hydroxylation sites is 1.